The molecule has 0 atom stereocenters. The van der Waals surface area contributed by atoms with Gasteiger partial charge in [-0.2, -0.15) is 0 Å². The summed E-state index contributed by atoms with van der Waals surface area (Å²) in [4.78, 5) is 11.5. The zero-order valence-electron chi connectivity index (χ0n) is 13.6. The van der Waals surface area contributed by atoms with Gasteiger partial charge in [-0.1, -0.05) is 64.0 Å². The summed E-state index contributed by atoms with van der Waals surface area (Å²) in [6.45, 7) is 6.61. The first-order valence-electron chi connectivity index (χ1n) is 8.03. The molecule has 0 N–H and O–H groups in total. The van der Waals surface area contributed by atoms with Crippen molar-refractivity contribution in [1.29, 1.82) is 0 Å². The topological polar surface area (TPSA) is 26.3 Å². The quantitative estimate of drug-likeness (QED) is 0.471. The highest BCUT2D eigenvalue weighted by atomic mass is 16.5. The molecule has 0 fully saturated rings. The van der Waals surface area contributed by atoms with Crippen LogP contribution in [0.1, 0.15) is 57.6 Å². The summed E-state index contributed by atoms with van der Waals surface area (Å²) in [5, 5.41) is 0. The average molecular weight is 288 g/mol. The molecular weight excluding hydrogens is 260 g/mol. The summed E-state index contributed by atoms with van der Waals surface area (Å²) in [5.74, 6) is 0.228. The minimum absolute atomic E-state index is 0.120. The van der Waals surface area contributed by atoms with Gasteiger partial charge in [0.05, 0.1) is 0 Å². The van der Waals surface area contributed by atoms with Crippen molar-refractivity contribution < 1.29 is 9.53 Å². The molecule has 0 aliphatic heterocycles. The van der Waals surface area contributed by atoms with Gasteiger partial charge in [0.2, 0.25) is 0 Å². The molecule has 0 spiro atoms. The molecule has 0 unspecified atom stereocenters. The number of rotatable bonds is 9. The number of carbonyl (C=O) groups excluding carboxylic acids is 1. The fourth-order valence-corrected chi connectivity index (χ4v) is 2.20. The standard InChI is InChI=1S/C19H28O2/c1-4-5-6-10-17-11-7-8-12-18(17)13-9-14-21-19(20)15-16(2)3/h7-9,11-13,16H,4-6,10,14-15H2,1-3H3/b13-9+. The lowest BCUT2D eigenvalue weighted by atomic mass is 10.0. The van der Waals surface area contributed by atoms with E-state index in [4.69, 9.17) is 4.74 Å². The Balaban J connectivity index is 2.46. The predicted molar refractivity (Wildman–Crippen MR) is 89.1 cm³/mol. The third-order valence-electron chi connectivity index (χ3n) is 3.32. The zero-order valence-corrected chi connectivity index (χ0v) is 13.6. The van der Waals surface area contributed by atoms with Crippen molar-refractivity contribution in [2.24, 2.45) is 5.92 Å². The van der Waals surface area contributed by atoms with Crippen molar-refractivity contribution in [1.82, 2.24) is 0 Å². The zero-order chi connectivity index (χ0) is 15.5. The van der Waals surface area contributed by atoms with E-state index < -0.39 is 0 Å². The summed E-state index contributed by atoms with van der Waals surface area (Å²) in [5.41, 5.74) is 2.60. The van der Waals surface area contributed by atoms with Crippen LogP contribution in [-0.4, -0.2) is 12.6 Å². The Kier molecular flexibility index (Phi) is 8.49. The van der Waals surface area contributed by atoms with E-state index in [0.717, 1.165) is 6.42 Å². The van der Waals surface area contributed by atoms with Crippen LogP contribution in [0.2, 0.25) is 0 Å². The van der Waals surface area contributed by atoms with Gasteiger partial charge >= 0.3 is 5.97 Å². The van der Waals surface area contributed by atoms with Crippen molar-refractivity contribution >= 4 is 12.0 Å². The number of hydrogen-bond donors (Lipinski definition) is 0. The van der Waals surface area contributed by atoms with Crippen LogP contribution in [0, 0.1) is 5.92 Å². The van der Waals surface area contributed by atoms with Gasteiger partial charge in [0, 0.05) is 6.42 Å². The van der Waals surface area contributed by atoms with E-state index in [-0.39, 0.29) is 5.97 Å². The molecule has 1 aromatic rings. The second kappa shape index (κ2) is 10.2. The normalized spacial score (nSPS) is 11.2. The summed E-state index contributed by atoms with van der Waals surface area (Å²) >= 11 is 0. The molecular formula is C19H28O2. The molecule has 21 heavy (non-hydrogen) atoms. The summed E-state index contributed by atoms with van der Waals surface area (Å²) in [7, 11) is 0. The summed E-state index contributed by atoms with van der Waals surface area (Å²) in [6, 6.07) is 8.43. The molecule has 0 saturated carbocycles. The highest BCUT2D eigenvalue weighted by Crippen LogP contribution is 2.14. The molecule has 0 aromatic heterocycles. The molecule has 116 valence electrons. The van der Waals surface area contributed by atoms with Gasteiger partial charge in [-0.05, 0) is 36.0 Å². The lowest BCUT2D eigenvalue weighted by Gasteiger charge is -2.06. The fraction of sp³-hybridized carbons (Fsp3) is 0.526. The van der Waals surface area contributed by atoms with Gasteiger partial charge in [-0.3, -0.25) is 4.79 Å². The summed E-state index contributed by atoms with van der Waals surface area (Å²) in [6.07, 6.45) is 9.32. The largest absolute Gasteiger partial charge is 0.461 e. The third kappa shape index (κ3) is 7.69. The smallest absolute Gasteiger partial charge is 0.306 e. The van der Waals surface area contributed by atoms with Crippen molar-refractivity contribution in [3.05, 3.63) is 41.5 Å². The van der Waals surface area contributed by atoms with Crippen LogP contribution in [0.5, 0.6) is 0 Å². The number of benzene rings is 1. The Morgan fingerprint density at radius 3 is 2.71 bits per heavy atom. The molecule has 0 amide bonds. The number of hydrogen-bond acceptors (Lipinski definition) is 2. The molecule has 0 heterocycles. The summed E-state index contributed by atoms with van der Waals surface area (Å²) < 4.78 is 5.19. The van der Waals surface area contributed by atoms with Crippen LogP contribution in [-0.2, 0) is 16.0 Å². The van der Waals surface area contributed by atoms with Crippen LogP contribution >= 0.6 is 0 Å². The van der Waals surface area contributed by atoms with Crippen LogP contribution in [0.15, 0.2) is 30.3 Å². The van der Waals surface area contributed by atoms with Crippen LogP contribution < -0.4 is 0 Å². The Morgan fingerprint density at radius 2 is 2.00 bits per heavy atom. The van der Waals surface area contributed by atoms with Crippen LogP contribution in [0.25, 0.3) is 6.08 Å². The van der Waals surface area contributed by atoms with Crippen LogP contribution in [0.4, 0.5) is 0 Å². The molecule has 2 nitrogen and oxygen atoms in total. The van der Waals surface area contributed by atoms with E-state index in [1.165, 1.54) is 30.4 Å². The van der Waals surface area contributed by atoms with E-state index >= 15 is 0 Å². The lowest BCUT2D eigenvalue weighted by molar-refractivity contribution is -0.143. The van der Waals surface area contributed by atoms with Gasteiger partial charge in [0.25, 0.3) is 0 Å². The first-order chi connectivity index (χ1) is 10.1. The van der Waals surface area contributed by atoms with Crippen LogP contribution in [0.3, 0.4) is 0 Å². The van der Waals surface area contributed by atoms with Crippen molar-refractivity contribution in [2.45, 2.75) is 52.9 Å². The second-order valence-corrected chi connectivity index (χ2v) is 5.84. The first-order valence-corrected chi connectivity index (χ1v) is 8.03. The third-order valence-corrected chi connectivity index (χ3v) is 3.32. The Labute approximate surface area is 129 Å². The monoisotopic (exact) mass is 288 g/mol. The molecule has 0 radical (unpaired) electrons. The maximum atomic E-state index is 11.5. The van der Waals surface area contributed by atoms with E-state index in [1.54, 1.807) is 0 Å². The predicted octanol–water partition coefficient (Wildman–Crippen LogP) is 5.02. The number of carbonyl (C=O) groups is 1. The Morgan fingerprint density at radius 1 is 1.24 bits per heavy atom. The first kappa shape index (κ1) is 17.5. The Hall–Kier alpha value is -1.57. The van der Waals surface area contributed by atoms with Gasteiger partial charge in [-0.25, -0.2) is 0 Å². The van der Waals surface area contributed by atoms with Gasteiger partial charge in [0.15, 0.2) is 0 Å². The highest BCUT2D eigenvalue weighted by Gasteiger charge is 2.04. The Bertz CT molecular complexity index is 447. The van der Waals surface area contributed by atoms with Crippen molar-refractivity contribution in [3.8, 4) is 0 Å². The lowest BCUT2D eigenvalue weighted by Crippen LogP contribution is -2.07. The number of aryl methyl sites for hydroxylation is 1. The highest BCUT2D eigenvalue weighted by molar-refractivity contribution is 5.69. The molecule has 0 saturated heterocycles. The maximum Gasteiger partial charge on any atom is 0.306 e. The molecule has 0 bridgehead atoms. The second-order valence-electron chi connectivity index (χ2n) is 5.84. The molecule has 0 aliphatic carbocycles. The number of esters is 1. The van der Waals surface area contributed by atoms with E-state index in [1.807, 2.05) is 26.0 Å². The maximum absolute atomic E-state index is 11.5. The van der Waals surface area contributed by atoms with Crippen molar-refractivity contribution in [2.75, 3.05) is 6.61 Å². The van der Waals surface area contributed by atoms with E-state index in [0.29, 0.717) is 18.9 Å². The number of ether oxygens (including phenoxy) is 1. The SMILES string of the molecule is CCCCCc1ccccc1/C=C/COC(=O)CC(C)C. The average Bonchev–Trinajstić information content (AvgIpc) is 2.44. The fourth-order valence-electron chi connectivity index (χ4n) is 2.20. The molecule has 1 rings (SSSR count). The van der Waals surface area contributed by atoms with Gasteiger partial charge in [-0.15, -0.1) is 0 Å². The van der Waals surface area contributed by atoms with E-state index in [2.05, 4.69) is 31.2 Å². The van der Waals surface area contributed by atoms with Crippen molar-refractivity contribution in [3.63, 3.8) is 0 Å². The van der Waals surface area contributed by atoms with Gasteiger partial charge < -0.3 is 4.74 Å². The molecule has 1 aromatic carbocycles. The number of unbranched alkanes of at least 4 members (excludes halogenated alkanes) is 2. The minimum atomic E-state index is -0.120. The minimum Gasteiger partial charge on any atom is -0.461 e. The van der Waals surface area contributed by atoms with Gasteiger partial charge in [0.1, 0.15) is 6.61 Å². The molecule has 2 heteroatoms. The van der Waals surface area contributed by atoms with E-state index in [9.17, 15) is 4.79 Å². The molecule has 0 aliphatic rings.